The number of sulfone groups is 1. The third-order valence-corrected chi connectivity index (χ3v) is 7.76. The van der Waals surface area contributed by atoms with E-state index in [1.54, 1.807) is 18.9 Å². The van der Waals surface area contributed by atoms with Crippen LogP contribution in [0.4, 0.5) is 5.69 Å². The van der Waals surface area contributed by atoms with E-state index in [1.807, 2.05) is 18.2 Å². The highest BCUT2D eigenvalue weighted by Crippen LogP contribution is 2.46. The molecule has 1 aliphatic carbocycles. The van der Waals surface area contributed by atoms with E-state index in [1.165, 1.54) is 6.42 Å². The highest BCUT2D eigenvalue weighted by Gasteiger charge is 2.42. The van der Waals surface area contributed by atoms with Crippen LogP contribution >= 0.6 is 0 Å². The number of carbonyl (C=O) groups excluding carboxylic acids is 1. The number of ether oxygens (including phenoxy) is 2. The molecular formula is C20H28N2O5S. The van der Waals surface area contributed by atoms with Crippen LogP contribution in [0.3, 0.4) is 0 Å². The first-order valence-corrected chi connectivity index (χ1v) is 11.8. The first kappa shape index (κ1) is 19.4. The van der Waals surface area contributed by atoms with E-state index in [0.29, 0.717) is 12.2 Å². The molecule has 0 radical (unpaired) electrons. The summed E-state index contributed by atoms with van der Waals surface area (Å²) in [6.07, 6.45) is 5.72. The van der Waals surface area contributed by atoms with Crippen LogP contribution in [-0.2, 0) is 14.6 Å². The Hall–Kier alpha value is -1.96. The van der Waals surface area contributed by atoms with Crippen LogP contribution in [-0.4, -0.2) is 55.6 Å². The van der Waals surface area contributed by atoms with Gasteiger partial charge in [0.15, 0.2) is 21.3 Å². The summed E-state index contributed by atoms with van der Waals surface area (Å²) in [5.74, 6) is 1.02. The number of nitrogens with zero attached hydrogens (tertiary/aromatic N) is 1. The molecule has 8 heteroatoms. The van der Waals surface area contributed by atoms with Gasteiger partial charge in [0.05, 0.1) is 11.5 Å². The first-order chi connectivity index (χ1) is 13.3. The second-order valence-electron chi connectivity index (χ2n) is 8.21. The molecule has 2 aliphatic heterocycles. The van der Waals surface area contributed by atoms with Crippen molar-refractivity contribution in [3.8, 4) is 11.5 Å². The van der Waals surface area contributed by atoms with E-state index >= 15 is 0 Å². The normalized spacial score (nSPS) is 25.4. The number of hydrogen-bond donors (Lipinski definition) is 1. The average Bonchev–Trinajstić information content (AvgIpc) is 3.19. The Morgan fingerprint density at radius 3 is 2.61 bits per heavy atom. The van der Waals surface area contributed by atoms with E-state index in [2.05, 4.69) is 5.32 Å². The molecule has 2 fully saturated rings. The molecule has 1 spiro atoms. The first-order valence-electron chi connectivity index (χ1n) is 10.0. The zero-order chi connectivity index (χ0) is 19.9. The summed E-state index contributed by atoms with van der Waals surface area (Å²) in [7, 11) is -1.34. The lowest BCUT2D eigenvalue weighted by Crippen LogP contribution is -2.45. The van der Waals surface area contributed by atoms with Gasteiger partial charge in [-0.05, 0) is 38.3 Å². The van der Waals surface area contributed by atoms with E-state index in [0.717, 1.165) is 37.1 Å². The molecule has 7 nitrogen and oxygen atoms in total. The predicted octanol–water partition coefficient (Wildman–Crippen LogP) is 2.56. The van der Waals surface area contributed by atoms with Gasteiger partial charge in [-0.25, -0.2) is 8.42 Å². The standard InChI is InChI=1S/C20H28N2O5S/c1-14(19(23)22(2)16-8-11-28(24,25)13-16)21-15-6-7-17-18(12-15)27-20(26-17)9-4-3-5-10-20/h6-7,12,14,16,21H,3-5,8-11,13H2,1-2H3. The van der Waals surface area contributed by atoms with Gasteiger partial charge in [0, 0.05) is 37.7 Å². The number of nitrogens with one attached hydrogen (secondary N) is 1. The van der Waals surface area contributed by atoms with Crippen LogP contribution in [0.1, 0.15) is 45.4 Å². The van der Waals surface area contributed by atoms with Gasteiger partial charge in [0.1, 0.15) is 6.04 Å². The second-order valence-corrected chi connectivity index (χ2v) is 10.4. The summed E-state index contributed by atoms with van der Waals surface area (Å²) in [6, 6.07) is 4.92. The third kappa shape index (κ3) is 3.79. The molecule has 1 amide bonds. The second kappa shape index (κ2) is 7.13. The summed E-state index contributed by atoms with van der Waals surface area (Å²) in [6.45, 7) is 1.79. The van der Waals surface area contributed by atoms with Gasteiger partial charge >= 0.3 is 0 Å². The van der Waals surface area contributed by atoms with Crippen LogP contribution in [0.5, 0.6) is 11.5 Å². The Kier molecular flexibility index (Phi) is 4.93. The fourth-order valence-electron chi connectivity index (χ4n) is 4.36. The SMILES string of the molecule is CC(Nc1ccc2c(c1)OC1(CCCCC1)O2)C(=O)N(C)C1CCS(=O)(=O)C1. The van der Waals surface area contributed by atoms with E-state index in [4.69, 9.17) is 9.47 Å². The molecule has 1 aromatic rings. The zero-order valence-corrected chi connectivity index (χ0v) is 17.3. The Bertz CT molecular complexity index is 863. The lowest BCUT2D eigenvalue weighted by molar-refractivity contribution is -0.132. The topological polar surface area (TPSA) is 84.9 Å². The van der Waals surface area contributed by atoms with Gasteiger partial charge in [-0.2, -0.15) is 0 Å². The van der Waals surface area contributed by atoms with Crippen molar-refractivity contribution in [1.82, 2.24) is 4.90 Å². The number of anilines is 1. The number of fused-ring (bicyclic) bond motifs is 1. The lowest BCUT2D eigenvalue weighted by atomic mass is 9.94. The fourth-order valence-corrected chi connectivity index (χ4v) is 6.13. The van der Waals surface area contributed by atoms with E-state index < -0.39 is 21.7 Å². The molecule has 2 unspecified atom stereocenters. The van der Waals surface area contributed by atoms with Crippen LogP contribution in [0.2, 0.25) is 0 Å². The molecule has 0 aromatic heterocycles. The van der Waals surface area contributed by atoms with Gasteiger partial charge in [-0.3, -0.25) is 4.79 Å². The molecule has 154 valence electrons. The van der Waals surface area contributed by atoms with Crippen LogP contribution in [0, 0.1) is 0 Å². The van der Waals surface area contributed by atoms with Crippen molar-refractivity contribution in [3.05, 3.63) is 18.2 Å². The molecule has 1 saturated heterocycles. The quantitative estimate of drug-likeness (QED) is 0.824. The summed E-state index contributed by atoms with van der Waals surface area (Å²) in [5, 5.41) is 3.21. The molecule has 28 heavy (non-hydrogen) atoms. The molecule has 0 bridgehead atoms. The molecule has 4 rings (SSSR count). The number of carbonyl (C=O) groups is 1. The Balaban J connectivity index is 1.40. The number of benzene rings is 1. The third-order valence-electron chi connectivity index (χ3n) is 6.01. The maximum absolute atomic E-state index is 12.7. The maximum Gasteiger partial charge on any atom is 0.251 e. The van der Waals surface area contributed by atoms with E-state index in [-0.39, 0.29) is 23.5 Å². The van der Waals surface area contributed by atoms with E-state index in [9.17, 15) is 13.2 Å². The smallest absolute Gasteiger partial charge is 0.251 e. The summed E-state index contributed by atoms with van der Waals surface area (Å²) < 4.78 is 35.6. The van der Waals surface area contributed by atoms with Crippen molar-refractivity contribution >= 4 is 21.4 Å². The molecular weight excluding hydrogens is 380 g/mol. The zero-order valence-electron chi connectivity index (χ0n) is 16.4. The van der Waals surface area contributed by atoms with Crippen LogP contribution in [0.15, 0.2) is 18.2 Å². The number of amides is 1. The largest absolute Gasteiger partial charge is 0.448 e. The lowest BCUT2D eigenvalue weighted by Gasteiger charge is -2.31. The molecule has 2 atom stereocenters. The van der Waals surface area contributed by atoms with Gasteiger partial charge in [0.2, 0.25) is 5.91 Å². The highest BCUT2D eigenvalue weighted by atomic mass is 32.2. The van der Waals surface area contributed by atoms with Crippen LogP contribution < -0.4 is 14.8 Å². The number of rotatable bonds is 4. The molecule has 1 saturated carbocycles. The Labute approximate surface area is 166 Å². The maximum atomic E-state index is 12.7. The highest BCUT2D eigenvalue weighted by molar-refractivity contribution is 7.91. The summed E-state index contributed by atoms with van der Waals surface area (Å²) >= 11 is 0. The molecule has 2 heterocycles. The molecule has 1 N–H and O–H groups in total. The van der Waals surface area contributed by atoms with Gasteiger partial charge < -0.3 is 19.7 Å². The summed E-state index contributed by atoms with van der Waals surface area (Å²) in [5.41, 5.74) is 0.781. The minimum atomic E-state index is -3.02. The Morgan fingerprint density at radius 1 is 1.21 bits per heavy atom. The minimum Gasteiger partial charge on any atom is -0.448 e. The van der Waals surface area contributed by atoms with Crippen molar-refractivity contribution < 1.29 is 22.7 Å². The average molecular weight is 409 g/mol. The monoisotopic (exact) mass is 408 g/mol. The number of hydrogen-bond acceptors (Lipinski definition) is 6. The van der Waals surface area contributed by atoms with Crippen molar-refractivity contribution in [3.63, 3.8) is 0 Å². The Morgan fingerprint density at radius 2 is 1.93 bits per heavy atom. The molecule has 3 aliphatic rings. The fraction of sp³-hybridized carbons (Fsp3) is 0.650. The molecule has 1 aromatic carbocycles. The van der Waals surface area contributed by atoms with Crippen LogP contribution in [0.25, 0.3) is 0 Å². The van der Waals surface area contributed by atoms with Crippen molar-refractivity contribution in [2.75, 3.05) is 23.9 Å². The minimum absolute atomic E-state index is 0.0497. The number of likely N-dealkylation sites (N-methyl/N-ethyl adjacent to an activating group) is 1. The summed E-state index contributed by atoms with van der Waals surface area (Å²) in [4.78, 5) is 14.3. The van der Waals surface area contributed by atoms with Gasteiger partial charge in [0.25, 0.3) is 5.79 Å². The predicted molar refractivity (Wildman–Crippen MR) is 106 cm³/mol. The van der Waals surface area contributed by atoms with Crippen molar-refractivity contribution in [1.29, 1.82) is 0 Å². The van der Waals surface area contributed by atoms with Crippen molar-refractivity contribution in [2.45, 2.75) is 63.3 Å². The van der Waals surface area contributed by atoms with Gasteiger partial charge in [-0.15, -0.1) is 0 Å². The van der Waals surface area contributed by atoms with Crippen molar-refractivity contribution in [2.24, 2.45) is 0 Å². The van der Waals surface area contributed by atoms with Gasteiger partial charge in [-0.1, -0.05) is 6.42 Å².